The van der Waals surface area contributed by atoms with Gasteiger partial charge in [0, 0.05) is 6.54 Å². The predicted octanol–water partition coefficient (Wildman–Crippen LogP) is 1.32. The van der Waals surface area contributed by atoms with E-state index in [2.05, 4.69) is 17.0 Å². The minimum absolute atomic E-state index is 0.0519. The second-order valence-corrected chi connectivity index (χ2v) is 5.17. The van der Waals surface area contributed by atoms with Crippen molar-refractivity contribution in [1.29, 1.82) is 0 Å². The molecule has 0 aromatic carbocycles. The molecule has 0 aromatic heterocycles. The van der Waals surface area contributed by atoms with E-state index in [1.54, 1.807) is 4.90 Å². The van der Waals surface area contributed by atoms with Crippen LogP contribution >= 0.6 is 0 Å². The molecule has 110 valence electrons. The molecule has 1 fully saturated rings. The molecule has 1 unspecified atom stereocenters. The Bertz CT molecular complexity index is 312. The Morgan fingerprint density at radius 1 is 1.32 bits per heavy atom. The second-order valence-electron chi connectivity index (χ2n) is 5.17. The molecule has 1 atom stereocenters. The highest BCUT2D eigenvalue weighted by atomic mass is 16.5. The van der Waals surface area contributed by atoms with Crippen LogP contribution in [0.1, 0.15) is 46.0 Å². The van der Waals surface area contributed by atoms with Crippen molar-refractivity contribution in [2.45, 2.75) is 51.5 Å². The summed E-state index contributed by atoms with van der Waals surface area (Å²) >= 11 is 0. The van der Waals surface area contributed by atoms with Gasteiger partial charge in [0.15, 0.2) is 0 Å². The molecule has 0 saturated carbocycles. The van der Waals surface area contributed by atoms with E-state index in [1.165, 1.54) is 7.11 Å². The van der Waals surface area contributed by atoms with Crippen LogP contribution < -0.4 is 5.32 Å². The number of hydrogen-bond acceptors (Lipinski definition) is 4. The molecule has 19 heavy (non-hydrogen) atoms. The lowest BCUT2D eigenvalue weighted by Gasteiger charge is -2.34. The number of esters is 1. The molecule has 1 saturated heterocycles. The van der Waals surface area contributed by atoms with Crippen LogP contribution in [-0.2, 0) is 14.3 Å². The molecule has 1 N–H and O–H groups in total. The first-order valence-corrected chi connectivity index (χ1v) is 7.21. The Morgan fingerprint density at radius 3 is 2.53 bits per heavy atom. The van der Waals surface area contributed by atoms with Gasteiger partial charge in [0.05, 0.1) is 12.6 Å². The van der Waals surface area contributed by atoms with Crippen molar-refractivity contribution in [3.05, 3.63) is 0 Å². The summed E-state index contributed by atoms with van der Waals surface area (Å²) in [5.74, 6) is -0.300. The predicted molar refractivity (Wildman–Crippen MR) is 73.8 cm³/mol. The highest BCUT2D eigenvalue weighted by Crippen LogP contribution is 2.27. The van der Waals surface area contributed by atoms with Crippen LogP contribution in [0.15, 0.2) is 0 Å². The van der Waals surface area contributed by atoms with Gasteiger partial charge >= 0.3 is 5.97 Å². The third-order valence-corrected chi connectivity index (χ3v) is 3.66. The minimum atomic E-state index is -0.460. The summed E-state index contributed by atoms with van der Waals surface area (Å²) in [6.45, 7) is 5.62. The normalized spacial score (nSPS) is 22.3. The minimum Gasteiger partial charge on any atom is -0.468 e. The van der Waals surface area contributed by atoms with Crippen molar-refractivity contribution in [3.63, 3.8) is 0 Å². The van der Waals surface area contributed by atoms with Gasteiger partial charge in [-0.25, -0.2) is 0 Å². The van der Waals surface area contributed by atoms with Crippen molar-refractivity contribution in [2.75, 3.05) is 26.7 Å². The molecule has 0 bridgehead atoms. The van der Waals surface area contributed by atoms with Gasteiger partial charge in [0.2, 0.25) is 5.91 Å². The van der Waals surface area contributed by atoms with Crippen molar-refractivity contribution in [1.82, 2.24) is 10.2 Å². The molecule has 0 aliphatic carbocycles. The highest BCUT2D eigenvalue weighted by molar-refractivity contribution is 5.89. The number of rotatable bonds is 7. The van der Waals surface area contributed by atoms with Crippen LogP contribution in [0.4, 0.5) is 0 Å². The summed E-state index contributed by atoms with van der Waals surface area (Å²) in [6, 6.07) is 0. The summed E-state index contributed by atoms with van der Waals surface area (Å²) < 4.78 is 4.68. The molecule has 1 heterocycles. The van der Waals surface area contributed by atoms with Gasteiger partial charge in [-0.1, -0.05) is 20.3 Å². The Balaban J connectivity index is 2.80. The van der Waals surface area contributed by atoms with E-state index in [9.17, 15) is 9.59 Å². The Hall–Kier alpha value is -1.10. The molecule has 1 amide bonds. The summed E-state index contributed by atoms with van der Waals surface area (Å²) in [5, 5.41) is 3.36. The molecule has 5 nitrogen and oxygen atoms in total. The number of hydrogen-bond donors (Lipinski definition) is 1. The van der Waals surface area contributed by atoms with Crippen molar-refractivity contribution < 1.29 is 14.3 Å². The lowest BCUT2D eigenvalue weighted by molar-refractivity contribution is -0.149. The smallest absolute Gasteiger partial charge is 0.325 e. The zero-order valence-corrected chi connectivity index (χ0v) is 12.3. The summed E-state index contributed by atoms with van der Waals surface area (Å²) in [6.07, 6.45) is 4.50. The second kappa shape index (κ2) is 7.48. The van der Waals surface area contributed by atoms with E-state index < -0.39 is 5.54 Å². The van der Waals surface area contributed by atoms with E-state index in [4.69, 9.17) is 0 Å². The van der Waals surface area contributed by atoms with Gasteiger partial charge in [0.1, 0.15) is 6.54 Å². The first-order chi connectivity index (χ1) is 9.09. The summed E-state index contributed by atoms with van der Waals surface area (Å²) in [5.41, 5.74) is -0.460. The van der Waals surface area contributed by atoms with E-state index in [0.29, 0.717) is 6.54 Å². The maximum atomic E-state index is 12.8. The van der Waals surface area contributed by atoms with Crippen LogP contribution in [0, 0.1) is 0 Å². The zero-order valence-electron chi connectivity index (χ0n) is 12.3. The number of nitrogens with zero attached hydrogens (tertiary/aromatic N) is 1. The number of carbonyl (C=O) groups is 2. The van der Waals surface area contributed by atoms with Crippen LogP contribution in [0.5, 0.6) is 0 Å². The van der Waals surface area contributed by atoms with E-state index >= 15 is 0 Å². The van der Waals surface area contributed by atoms with Gasteiger partial charge in [-0.2, -0.15) is 0 Å². The third-order valence-electron chi connectivity index (χ3n) is 3.66. The SMILES string of the molecule is CCCN(CC(=O)OC)C(=O)C1(CCC)CCCN1. The molecule has 1 rings (SSSR count). The number of carbonyl (C=O) groups excluding carboxylic acids is 2. The summed E-state index contributed by atoms with van der Waals surface area (Å²) in [7, 11) is 1.35. The van der Waals surface area contributed by atoms with Crippen LogP contribution in [0.25, 0.3) is 0 Å². The average Bonchev–Trinajstić information content (AvgIpc) is 2.87. The topological polar surface area (TPSA) is 58.6 Å². The molecule has 0 aromatic rings. The van der Waals surface area contributed by atoms with Gasteiger partial charge in [0.25, 0.3) is 0 Å². The number of methoxy groups -OCH3 is 1. The fourth-order valence-corrected chi connectivity index (χ4v) is 2.78. The quantitative estimate of drug-likeness (QED) is 0.709. The molecule has 1 aliphatic rings. The number of amides is 1. The van der Waals surface area contributed by atoms with Gasteiger partial charge in [-0.05, 0) is 32.2 Å². The average molecular weight is 270 g/mol. The molecular formula is C14H26N2O3. The Kier molecular flexibility index (Phi) is 6.28. The van der Waals surface area contributed by atoms with Gasteiger partial charge in [-0.15, -0.1) is 0 Å². The van der Waals surface area contributed by atoms with Crippen molar-refractivity contribution >= 4 is 11.9 Å². The van der Waals surface area contributed by atoms with E-state index in [1.807, 2.05) is 6.92 Å². The standard InChI is InChI=1S/C14H26N2O3/c1-4-7-14(8-6-9-15-14)13(18)16(10-5-2)11-12(17)19-3/h15H,4-11H2,1-3H3. The lowest BCUT2D eigenvalue weighted by Crippen LogP contribution is -2.56. The Morgan fingerprint density at radius 2 is 2.05 bits per heavy atom. The monoisotopic (exact) mass is 270 g/mol. The largest absolute Gasteiger partial charge is 0.468 e. The number of nitrogens with one attached hydrogen (secondary N) is 1. The van der Waals surface area contributed by atoms with Crippen molar-refractivity contribution in [2.24, 2.45) is 0 Å². The molecule has 0 radical (unpaired) electrons. The molecular weight excluding hydrogens is 244 g/mol. The molecule has 1 aliphatic heterocycles. The highest BCUT2D eigenvalue weighted by Gasteiger charge is 2.42. The number of ether oxygens (including phenoxy) is 1. The first kappa shape index (κ1) is 16.0. The summed E-state index contributed by atoms with van der Waals surface area (Å²) in [4.78, 5) is 25.8. The zero-order chi connectivity index (χ0) is 14.3. The van der Waals surface area contributed by atoms with Crippen LogP contribution in [0.3, 0.4) is 0 Å². The lowest BCUT2D eigenvalue weighted by atomic mass is 9.90. The maximum Gasteiger partial charge on any atom is 0.325 e. The fraction of sp³-hybridized carbons (Fsp3) is 0.857. The van der Waals surface area contributed by atoms with E-state index in [0.717, 1.165) is 38.6 Å². The van der Waals surface area contributed by atoms with Crippen molar-refractivity contribution in [3.8, 4) is 0 Å². The molecule has 0 spiro atoms. The maximum absolute atomic E-state index is 12.8. The van der Waals surface area contributed by atoms with Crippen LogP contribution in [0.2, 0.25) is 0 Å². The van der Waals surface area contributed by atoms with Gasteiger partial charge in [-0.3, -0.25) is 9.59 Å². The third kappa shape index (κ3) is 3.93. The van der Waals surface area contributed by atoms with Gasteiger partial charge < -0.3 is 15.0 Å². The molecule has 5 heteroatoms. The Labute approximate surface area is 115 Å². The van der Waals surface area contributed by atoms with Crippen LogP contribution in [-0.4, -0.2) is 49.1 Å². The first-order valence-electron chi connectivity index (χ1n) is 7.21. The van der Waals surface area contributed by atoms with E-state index in [-0.39, 0.29) is 18.4 Å². The fourth-order valence-electron chi connectivity index (χ4n) is 2.78.